The van der Waals surface area contributed by atoms with E-state index in [-0.39, 0.29) is 5.91 Å². The lowest BCUT2D eigenvalue weighted by Crippen LogP contribution is -2.32. The largest absolute Gasteiger partial charge is 0.497 e. The van der Waals surface area contributed by atoms with Crippen molar-refractivity contribution in [3.63, 3.8) is 0 Å². The number of benzene rings is 1. The Labute approximate surface area is 148 Å². The molecule has 1 fully saturated rings. The maximum absolute atomic E-state index is 12.3. The monoisotopic (exact) mass is 340 g/mol. The van der Waals surface area contributed by atoms with Gasteiger partial charge in [-0.2, -0.15) is 0 Å². The first-order valence-corrected chi connectivity index (χ1v) is 8.75. The highest BCUT2D eigenvalue weighted by atomic mass is 16.5. The van der Waals surface area contributed by atoms with Crippen LogP contribution in [-0.2, 0) is 6.42 Å². The number of nitrogens with zero attached hydrogens (tertiary/aromatic N) is 3. The van der Waals surface area contributed by atoms with Gasteiger partial charge in [0.05, 0.1) is 7.11 Å². The number of ether oxygens (including phenoxy) is 1. The summed E-state index contributed by atoms with van der Waals surface area (Å²) in [5.74, 6) is 1.31. The molecule has 2 heterocycles. The number of aromatic nitrogens is 2. The van der Waals surface area contributed by atoms with Crippen molar-refractivity contribution in [3.8, 4) is 5.75 Å². The van der Waals surface area contributed by atoms with Gasteiger partial charge in [-0.3, -0.25) is 4.79 Å². The van der Waals surface area contributed by atoms with Crippen molar-refractivity contribution in [1.82, 2.24) is 15.3 Å². The quantitative estimate of drug-likeness (QED) is 0.875. The Kier molecular flexibility index (Phi) is 5.82. The number of nitrogens with one attached hydrogen (secondary N) is 1. The number of carbonyl (C=O) groups excluding carboxylic acids is 1. The number of amides is 1. The molecule has 3 rings (SSSR count). The topological polar surface area (TPSA) is 67.3 Å². The molecule has 25 heavy (non-hydrogen) atoms. The fraction of sp³-hybridized carbons (Fsp3) is 0.421. The summed E-state index contributed by atoms with van der Waals surface area (Å²) < 4.78 is 5.21. The Morgan fingerprint density at radius 1 is 1.24 bits per heavy atom. The molecule has 0 radical (unpaired) electrons. The molecule has 0 unspecified atom stereocenters. The lowest BCUT2D eigenvalue weighted by atomic mass is 10.1. The number of methoxy groups -OCH3 is 1. The Balaban J connectivity index is 1.55. The smallest absolute Gasteiger partial charge is 0.270 e. The summed E-state index contributed by atoms with van der Waals surface area (Å²) >= 11 is 0. The summed E-state index contributed by atoms with van der Waals surface area (Å²) in [5, 5.41) is 2.93. The second-order valence-electron chi connectivity index (χ2n) is 6.15. The second kappa shape index (κ2) is 8.46. The van der Waals surface area contributed by atoms with E-state index in [0.717, 1.165) is 43.7 Å². The first-order chi connectivity index (χ1) is 12.3. The molecule has 1 aliphatic heterocycles. The van der Waals surface area contributed by atoms with Gasteiger partial charge in [0.2, 0.25) is 5.95 Å². The van der Waals surface area contributed by atoms with Gasteiger partial charge in [0.15, 0.2) is 0 Å². The summed E-state index contributed by atoms with van der Waals surface area (Å²) in [7, 11) is 1.65. The van der Waals surface area contributed by atoms with Gasteiger partial charge >= 0.3 is 0 Å². The lowest BCUT2D eigenvalue weighted by Gasteiger charge is -2.26. The zero-order valence-electron chi connectivity index (χ0n) is 14.6. The van der Waals surface area contributed by atoms with Gasteiger partial charge in [-0.25, -0.2) is 9.97 Å². The fourth-order valence-electron chi connectivity index (χ4n) is 2.96. The molecule has 0 bridgehead atoms. The van der Waals surface area contributed by atoms with E-state index in [4.69, 9.17) is 4.74 Å². The van der Waals surface area contributed by atoms with Gasteiger partial charge in [0.25, 0.3) is 5.91 Å². The van der Waals surface area contributed by atoms with Crippen LogP contribution in [0.4, 0.5) is 5.95 Å². The number of carbonyl (C=O) groups is 1. The van der Waals surface area contributed by atoms with Crippen LogP contribution in [0.2, 0.25) is 0 Å². The molecule has 1 aromatic carbocycles. The fourth-order valence-corrected chi connectivity index (χ4v) is 2.96. The van der Waals surface area contributed by atoms with Crippen molar-refractivity contribution >= 4 is 11.9 Å². The predicted octanol–water partition coefficient (Wildman–Crippen LogP) is 2.45. The van der Waals surface area contributed by atoms with Crippen LogP contribution in [0.25, 0.3) is 0 Å². The van der Waals surface area contributed by atoms with Crippen molar-refractivity contribution < 1.29 is 9.53 Å². The Morgan fingerprint density at radius 2 is 2.08 bits per heavy atom. The Bertz CT molecular complexity index is 714. The molecule has 2 aromatic rings. The van der Waals surface area contributed by atoms with Crippen LogP contribution >= 0.6 is 0 Å². The van der Waals surface area contributed by atoms with Crippen LogP contribution in [0.3, 0.4) is 0 Å². The summed E-state index contributed by atoms with van der Waals surface area (Å²) in [6.07, 6.45) is 5.96. The summed E-state index contributed by atoms with van der Waals surface area (Å²) in [6, 6.07) is 9.52. The first kappa shape index (κ1) is 17.2. The standard InChI is InChI=1S/C19H24N4O2/c1-25-16-7-5-6-15(14-16)8-10-20-18(24)17-9-11-21-19(22-17)23-12-3-2-4-13-23/h5-7,9,11,14H,2-4,8,10,12-13H2,1H3,(H,20,24). The Hall–Kier alpha value is -2.63. The number of anilines is 1. The van der Waals surface area contributed by atoms with E-state index >= 15 is 0 Å². The third-order valence-corrected chi connectivity index (χ3v) is 4.35. The maximum atomic E-state index is 12.3. The average Bonchev–Trinajstić information content (AvgIpc) is 2.69. The van der Waals surface area contributed by atoms with E-state index in [2.05, 4.69) is 20.2 Å². The van der Waals surface area contributed by atoms with Crippen LogP contribution < -0.4 is 15.0 Å². The van der Waals surface area contributed by atoms with Crippen molar-refractivity contribution in [1.29, 1.82) is 0 Å². The van der Waals surface area contributed by atoms with Crippen LogP contribution in [0.1, 0.15) is 35.3 Å². The molecular formula is C19H24N4O2. The number of hydrogen-bond donors (Lipinski definition) is 1. The van der Waals surface area contributed by atoms with Gasteiger partial charge in [-0.1, -0.05) is 12.1 Å². The summed E-state index contributed by atoms with van der Waals surface area (Å²) in [4.78, 5) is 23.2. The molecule has 1 aliphatic rings. The lowest BCUT2D eigenvalue weighted by molar-refractivity contribution is 0.0949. The minimum Gasteiger partial charge on any atom is -0.497 e. The molecule has 1 aromatic heterocycles. The van der Waals surface area contributed by atoms with Gasteiger partial charge in [-0.05, 0) is 49.4 Å². The van der Waals surface area contributed by atoms with Crippen molar-refractivity contribution in [3.05, 3.63) is 47.8 Å². The average molecular weight is 340 g/mol. The molecule has 1 saturated heterocycles. The third-order valence-electron chi connectivity index (χ3n) is 4.35. The van der Waals surface area contributed by atoms with Crippen LogP contribution in [0.15, 0.2) is 36.5 Å². The first-order valence-electron chi connectivity index (χ1n) is 8.75. The minimum atomic E-state index is -0.163. The van der Waals surface area contributed by atoms with Gasteiger partial charge in [0, 0.05) is 25.8 Å². The molecule has 6 nitrogen and oxygen atoms in total. The normalized spacial score (nSPS) is 14.2. The van der Waals surface area contributed by atoms with E-state index in [1.165, 1.54) is 6.42 Å². The number of hydrogen-bond acceptors (Lipinski definition) is 5. The van der Waals surface area contributed by atoms with Gasteiger partial charge in [-0.15, -0.1) is 0 Å². The van der Waals surface area contributed by atoms with Gasteiger partial charge in [0.1, 0.15) is 11.4 Å². The Morgan fingerprint density at radius 3 is 2.88 bits per heavy atom. The molecular weight excluding hydrogens is 316 g/mol. The van der Waals surface area contributed by atoms with Crippen molar-refractivity contribution in [2.24, 2.45) is 0 Å². The molecule has 0 saturated carbocycles. The molecule has 132 valence electrons. The van der Waals surface area contributed by atoms with Crippen LogP contribution in [0, 0.1) is 0 Å². The minimum absolute atomic E-state index is 0.163. The number of rotatable bonds is 6. The van der Waals surface area contributed by atoms with E-state index in [1.54, 1.807) is 19.4 Å². The third kappa shape index (κ3) is 4.68. The number of piperidine rings is 1. The summed E-state index contributed by atoms with van der Waals surface area (Å²) in [6.45, 7) is 2.47. The van der Waals surface area contributed by atoms with E-state index in [1.807, 2.05) is 24.3 Å². The maximum Gasteiger partial charge on any atom is 0.270 e. The SMILES string of the molecule is COc1cccc(CCNC(=O)c2ccnc(N3CCCCC3)n2)c1. The van der Waals surface area contributed by atoms with Gasteiger partial charge < -0.3 is 15.0 Å². The molecule has 0 aliphatic carbocycles. The van der Waals surface area contributed by atoms with Crippen molar-refractivity contribution in [2.45, 2.75) is 25.7 Å². The van der Waals surface area contributed by atoms with E-state index in [0.29, 0.717) is 18.2 Å². The zero-order valence-corrected chi connectivity index (χ0v) is 14.6. The zero-order chi connectivity index (χ0) is 17.5. The van der Waals surface area contributed by atoms with Crippen LogP contribution in [0.5, 0.6) is 5.75 Å². The predicted molar refractivity (Wildman–Crippen MR) is 97.1 cm³/mol. The molecule has 0 atom stereocenters. The highest BCUT2D eigenvalue weighted by Gasteiger charge is 2.15. The molecule has 1 N–H and O–H groups in total. The van der Waals surface area contributed by atoms with E-state index in [9.17, 15) is 4.79 Å². The highest BCUT2D eigenvalue weighted by Crippen LogP contribution is 2.15. The molecule has 0 spiro atoms. The second-order valence-corrected chi connectivity index (χ2v) is 6.15. The van der Waals surface area contributed by atoms with E-state index < -0.39 is 0 Å². The van der Waals surface area contributed by atoms with Crippen LogP contribution in [-0.4, -0.2) is 42.6 Å². The molecule has 1 amide bonds. The summed E-state index contributed by atoms with van der Waals surface area (Å²) in [5.41, 5.74) is 1.54. The molecule has 6 heteroatoms. The van der Waals surface area contributed by atoms with Crippen molar-refractivity contribution in [2.75, 3.05) is 31.6 Å². The highest BCUT2D eigenvalue weighted by molar-refractivity contribution is 5.92.